The number of morpholine rings is 1. The fourth-order valence-corrected chi connectivity index (χ4v) is 2.99. The molecule has 0 spiro atoms. The van der Waals surface area contributed by atoms with E-state index in [9.17, 15) is 9.90 Å². The van der Waals surface area contributed by atoms with Crippen molar-refractivity contribution in [2.45, 2.75) is 25.9 Å². The molecule has 5 N–H and O–H groups in total. The third-order valence-electron chi connectivity index (χ3n) is 4.66. The van der Waals surface area contributed by atoms with Gasteiger partial charge in [0.1, 0.15) is 5.75 Å². The van der Waals surface area contributed by atoms with E-state index in [2.05, 4.69) is 5.32 Å². The van der Waals surface area contributed by atoms with Crippen LogP contribution in [-0.4, -0.2) is 85.4 Å². The van der Waals surface area contributed by atoms with Gasteiger partial charge < -0.3 is 35.6 Å². The Morgan fingerprint density at radius 1 is 1.34 bits per heavy atom. The lowest BCUT2D eigenvalue weighted by Gasteiger charge is -2.28. The summed E-state index contributed by atoms with van der Waals surface area (Å²) in [6.45, 7) is 5.48. The molecule has 10 heteroatoms. The van der Waals surface area contributed by atoms with E-state index < -0.39 is 12.0 Å². The van der Waals surface area contributed by atoms with Crippen LogP contribution in [0.3, 0.4) is 0 Å². The highest BCUT2D eigenvalue weighted by Crippen LogP contribution is 2.12. The molecule has 10 nitrogen and oxygen atoms in total. The number of hydrogen-bond donors (Lipinski definition) is 4. The van der Waals surface area contributed by atoms with Crippen LogP contribution < -0.4 is 11.1 Å². The van der Waals surface area contributed by atoms with Gasteiger partial charge in [0, 0.05) is 32.8 Å². The van der Waals surface area contributed by atoms with Crippen LogP contribution in [0.2, 0.25) is 0 Å². The number of carboxylic acid groups (broad SMARTS) is 1. The fraction of sp³-hybridized carbons (Fsp3) is 0.500. The van der Waals surface area contributed by atoms with Crippen LogP contribution in [0.25, 0.3) is 0 Å². The van der Waals surface area contributed by atoms with Crippen LogP contribution in [-0.2, 0) is 20.8 Å². The predicted octanol–water partition coefficient (Wildman–Crippen LogP) is 0.963. The first-order chi connectivity index (χ1) is 15.4. The summed E-state index contributed by atoms with van der Waals surface area (Å²) >= 11 is 0. The molecule has 1 unspecified atom stereocenters. The van der Waals surface area contributed by atoms with Crippen LogP contribution in [0.4, 0.5) is 0 Å². The molecule has 1 aromatic rings. The Morgan fingerprint density at radius 3 is 2.62 bits per heavy atom. The highest BCUT2D eigenvalue weighted by molar-refractivity contribution is 6.09. The molecule has 0 saturated carbocycles. The Hall–Kier alpha value is -2.95. The average Bonchev–Trinajstić information content (AvgIpc) is 2.78. The number of rotatable bonds is 10. The summed E-state index contributed by atoms with van der Waals surface area (Å²) in [5.41, 5.74) is 8.21. The number of benzene rings is 1. The van der Waals surface area contributed by atoms with Gasteiger partial charge in [-0.05, 0) is 30.7 Å². The highest BCUT2D eigenvalue weighted by atomic mass is 16.5. The molecule has 1 heterocycles. The molecule has 176 valence electrons. The number of carboxylic acids is 1. The number of aliphatic carboxylic acids is 1. The number of nitrogens with one attached hydrogen (secondary N) is 1. The Bertz CT molecular complexity index is 815. The quantitative estimate of drug-likeness (QED) is 0.236. The van der Waals surface area contributed by atoms with Crippen LogP contribution in [0.15, 0.2) is 46.0 Å². The minimum absolute atomic E-state index is 0.168. The van der Waals surface area contributed by atoms with Crippen LogP contribution in [0, 0.1) is 0 Å². The first-order valence-corrected chi connectivity index (χ1v) is 10.5. The van der Waals surface area contributed by atoms with Crippen molar-refractivity contribution in [3.63, 3.8) is 0 Å². The summed E-state index contributed by atoms with van der Waals surface area (Å²) in [5.74, 6) is -0.253. The van der Waals surface area contributed by atoms with Crippen molar-refractivity contribution in [2.24, 2.45) is 15.7 Å². The van der Waals surface area contributed by atoms with Crippen molar-refractivity contribution in [2.75, 3.05) is 46.6 Å². The van der Waals surface area contributed by atoms with Crippen molar-refractivity contribution in [1.29, 1.82) is 0 Å². The van der Waals surface area contributed by atoms with E-state index in [-0.39, 0.29) is 12.2 Å². The van der Waals surface area contributed by atoms with E-state index in [1.54, 1.807) is 44.4 Å². The number of aliphatic imine (C=N–C) groups is 2. The van der Waals surface area contributed by atoms with Gasteiger partial charge in [-0.1, -0.05) is 12.1 Å². The molecule has 0 amide bonds. The van der Waals surface area contributed by atoms with Crippen LogP contribution in [0.1, 0.15) is 18.9 Å². The van der Waals surface area contributed by atoms with Gasteiger partial charge in [0.25, 0.3) is 0 Å². The Labute approximate surface area is 188 Å². The lowest BCUT2D eigenvalue weighted by molar-refractivity contribution is -0.136. The number of methoxy groups -OCH3 is 1. The van der Waals surface area contributed by atoms with Gasteiger partial charge in [0.2, 0.25) is 5.96 Å². The van der Waals surface area contributed by atoms with E-state index in [4.69, 9.17) is 30.3 Å². The second-order valence-electron chi connectivity index (χ2n) is 7.30. The molecule has 1 aliphatic heterocycles. The zero-order chi connectivity index (χ0) is 23.3. The molecule has 0 bridgehead atoms. The molecule has 32 heavy (non-hydrogen) atoms. The van der Waals surface area contributed by atoms with E-state index in [1.807, 2.05) is 4.90 Å². The van der Waals surface area contributed by atoms with Gasteiger partial charge in [0.15, 0.2) is 0 Å². The maximum Gasteiger partial charge on any atom is 0.307 e. The largest absolute Gasteiger partial charge is 0.508 e. The zero-order valence-corrected chi connectivity index (χ0v) is 18.7. The Kier molecular flexibility index (Phi) is 10.6. The summed E-state index contributed by atoms with van der Waals surface area (Å²) in [6.07, 6.45) is 1.40. The van der Waals surface area contributed by atoms with E-state index in [0.717, 1.165) is 5.56 Å². The highest BCUT2D eigenvalue weighted by Gasteiger charge is 2.19. The first kappa shape index (κ1) is 25.3. The minimum Gasteiger partial charge on any atom is -0.508 e. The van der Waals surface area contributed by atoms with E-state index in [1.165, 1.54) is 0 Å². The standard InChI is InChI=1S/C22H33N5O5/c1-16(23)21(19(7-8-20(29)30)24-9-12-31-2)26-22(27-10-13-32-14-11-27)25-15-17-3-5-18(28)6-4-17/h3-7,16,24,28H,8-15,23H2,1-2H3,(H,29,30)/b19-7+,25-22?,26-21+. The third-order valence-corrected chi connectivity index (χ3v) is 4.66. The SMILES string of the molecule is COCCNC(=C/CC(=O)O)/C(=N/C(=NCc1ccc(O)cc1)N1CCOCC1)C(C)N. The molecule has 0 aromatic heterocycles. The van der Waals surface area contributed by atoms with Crippen molar-refractivity contribution < 1.29 is 24.5 Å². The number of nitrogens with zero attached hydrogens (tertiary/aromatic N) is 3. The number of aromatic hydroxyl groups is 1. The van der Waals surface area contributed by atoms with Gasteiger partial charge in [-0.3, -0.25) is 4.79 Å². The molecule has 0 aliphatic carbocycles. The molecular formula is C22H33N5O5. The third kappa shape index (κ3) is 8.66. The fourth-order valence-electron chi connectivity index (χ4n) is 2.99. The topological polar surface area (TPSA) is 142 Å². The van der Waals surface area contributed by atoms with Gasteiger partial charge in [0.05, 0.1) is 44.2 Å². The number of guanidine groups is 1. The van der Waals surface area contributed by atoms with Crippen LogP contribution >= 0.6 is 0 Å². The molecular weight excluding hydrogens is 414 g/mol. The summed E-state index contributed by atoms with van der Waals surface area (Å²) in [6, 6.07) is 6.36. The summed E-state index contributed by atoms with van der Waals surface area (Å²) in [4.78, 5) is 22.7. The molecule has 1 fully saturated rings. The molecule has 0 radical (unpaired) electrons. The minimum atomic E-state index is -0.950. The van der Waals surface area contributed by atoms with Gasteiger partial charge in [-0.25, -0.2) is 9.98 Å². The van der Waals surface area contributed by atoms with Crippen LogP contribution in [0.5, 0.6) is 5.75 Å². The number of ether oxygens (including phenoxy) is 2. The number of phenols is 1. The summed E-state index contributed by atoms with van der Waals surface area (Å²) in [5, 5.41) is 21.8. The van der Waals surface area contributed by atoms with E-state index in [0.29, 0.717) is 63.4 Å². The molecule has 1 aliphatic rings. The maximum atomic E-state index is 11.1. The van der Waals surface area contributed by atoms with Crippen molar-refractivity contribution in [3.8, 4) is 5.75 Å². The molecule has 1 aromatic carbocycles. The van der Waals surface area contributed by atoms with E-state index >= 15 is 0 Å². The van der Waals surface area contributed by atoms with Crippen molar-refractivity contribution in [1.82, 2.24) is 10.2 Å². The lowest BCUT2D eigenvalue weighted by Crippen LogP contribution is -2.42. The Balaban J connectivity index is 2.39. The van der Waals surface area contributed by atoms with Gasteiger partial charge >= 0.3 is 5.97 Å². The predicted molar refractivity (Wildman–Crippen MR) is 123 cm³/mol. The van der Waals surface area contributed by atoms with Crippen molar-refractivity contribution >= 4 is 17.6 Å². The first-order valence-electron chi connectivity index (χ1n) is 10.5. The number of phenolic OH excluding ortho intramolecular Hbond substituents is 1. The van der Waals surface area contributed by atoms with Gasteiger partial charge in [-0.2, -0.15) is 0 Å². The normalized spacial score (nSPS) is 16.7. The number of nitrogens with two attached hydrogens (primary N) is 1. The maximum absolute atomic E-state index is 11.1. The molecule has 2 rings (SSSR count). The van der Waals surface area contributed by atoms with Crippen molar-refractivity contribution in [3.05, 3.63) is 41.6 Å². The molecule has 1 atom stereocenters. The monoisotopic (exact) mass is 447 g/mol. The second kappa shape index (κ2) is 13.5. The zero-order valence-electron chi connectivity index (χ0n) is 18.7. The summed E-state index contributed by atoms with van der Waals surface area (Å²) in [7, 11) is 1.59. The number of hydrogen-bond acceptors (Lipinski definition) is 7. The molecule has 1 saturated heterocycles. The summed E-state index contributed by atoms with van der Waals surface area (Å²) < 4.78 is 10.5. The average molecular weight is 448 g/mol. The smallest absolute Gasteiger partial charge is 0.307 e. The Morgan fingerprint density at radius 2 is 2.03 bits per heavy atom. The van der Waals surface area contributed by atoms with Gasteiger partial charge in [-0.15, -0.1) is 0 Å². The lowest BCUT2D eigenvalue weighted by atomic mass is 10.1. The number of carbonyl (C=O) groups is 1. The second-order valence-corrected chi connectivity index (χ2v) is 7.30.